The van der Waals surface area contributed by atoms with Crippen LogP contribution in [0.25, 0.3) is 0 Å². The Labute approximate surface area is 89.5 Å². The van der Waals surface area contributed by atoms with Crippen LogP contribution in [0.1, 0.15) is 20.3 Å². The molecule has 0 N–H and O–H groups in total. The highest BCUT2D eigenvalue weighted by Crippen LogP contribution is 2.25. The number of hydrogen-bond acceptors (Lipinski definition) is 3. The number of nitrogens with zero attached hydrogens (tertiary/aromatic N) is 2. The predicted octanol–water partition coefficient (Wildman–Crippen LogP) is 1.50. The van der Waals surface area contributed by atoms with E-state index in [1.807, 2.05) is 25.6 Å². The lowest BCUT2D eigenvalue weighted by molar-refractivity contribution is -0.135. The van der Waals surface area contributed by atoms with Gasteiger partial charge < -0.3 is 4.90 Å². The number of rotatable bonds is 3. The second-order valence-electron chi connectivity index (χ2n) is 3.78. The summed E-state index contributed by atoms with van der Waals surface area (Å²) in [6.07, 6.45) is 0.970. The Balaban J connectivity index is 2.58. The molecule has 0 saturated carbocycles. The number of thioether (sulfide) groups is 1. The number of carbonyl (C=O) groups is 1. The molecule has 1 saturated heterocycles. The maximum absolute atomic E-state index is 11.9. The van der Waals surface area contributed by atoms with Gasteiger partial charge in [-0.15, -0.1) is 0 Å². The first-order valence-corrected chi connectivity index (χ1v) is 6.07. The largest absolute Gasteiger partial charge is 0.327 e. The van der Waals surface area contributed by atoms with Crippen molar-refractivity contribution < 1.29 is 4.79 Å². The van der Waals surface area contributed by atoms with E-state index in [-0.39, 0.29) is 24.4 Å². The van der Waals surface area contributed by atoms with Gasteiger partial charge in [0, 0.05) is 17.7 Å². The molecule has 0 radical (unpaired) electrons. The van der Waals surface area contributed by atoms with Crippen LogP contribution in [-0.4, -0.2) is 34.9 Å². The summed E-state index contributed by atoms with van der Waals surface area (Å²) in [5.74, 6) is 2.31. The molecule has 0 bridgehead atoms. The number of carbonyl (C=O) groups excluding carboxylic acids is 1. The fraction of sp³-hybridized carbons (Fsp3) is 0.800. The molecule has 1 atom stereocenters. The molecule has 14 heavy (non-hydrogen) atoms. The van der Waals surface area contributed by atoms with Crippen molar-refractivity contribution in [3.05, 3.63) is 0 Å². The van der Waals surface area contributed by atoms with E-state index in [1.165, 1.54) is 0 Å². The van der Waals surface area contributed by atoms with Gasteiger partial charge in [0.2, 0.25) is 5.91 Å². The van der Waals surface area contributed by atoms with Crippen molar-refractivity contribution in [1.82, 2.24) is 4.90 Å². The zero-order chi connectivity index (χ0) is 10.6. The third-order valence-corrected chi connectivity index (χ3v) is 3.59. The molecule has 1 aliphatic rings. The van der Waals surface area contributed by atoms with Gasteiger partial charge in [0.1, 0.15) is 6.54 Å². The molecule has 1 amide bonds. The van der Waals surface area contributed by atoms with Crippen LogP contribution < -0.4 is 0 Å². The van der Waals surface area contributed by atoms with Crippen LogP contribution in [0.2, 0.25) is 0 Å². The summed E-state index contributed by atoms with van der Waals surface area (Å²) in [5.41, 5.74) is 0. The van der Waals surface area contributed by atoms with Crippen LogP contribution in [-0.2, 0) is 4.79 Å². The maximum atomic E-state index is 11.9. The third-order valence-electron chi connectivity index (χ3n) is 2.43. The summed E-state index contributed by atoms with van der Waals surface area (Å²) in [4.78, 5) is 13.6. The molecule has 1 unspecified atom stereocenters. The molecule has 78 valence electrons. The maximum Gasteiger partial charge on any atom is 0.227 e. The fourth-order valence-electron chi connectivity index (χ4n) is 1.55. The fourth-order valence-corrected chi connectivity index (χ4v) is 2.77. The second-order valence-corrected chi connectivity index (χ2v) is 4.93. The van der Waals surface area contributed by atoms with Crippen molar-refractivity contribution in [2.24, 2.45) is 5.92 Å². The minimum atomic E-state index is 0.132. The van der Waals surface area contributed by atoms with Crippen LogP contribution in [0, 0.1) is 17.2 Å². The molecule has 0 aliphatic carbocycles. The van der Waals surface area contributed by atoms with Gasteiger partial charge in [-0.2, -0.15) is 17.0 Å². The first-order valence-electron chi connectivity index (χ1n) is 4.92. The molecule has 1 aliphatic heterocycles. The summed E-state index contributed by atoms with van der Waals surface area (Å²) in [7, 11) is 0. The monoisotopic (exact) mass is 212 g/mol. The first-order chi connectivity index (χ1) is 6.66. The molecule has 0 spiro atoms. The SMILES string of the molecule is CC(C)N(CC#N)C(=O)C1CCSC1. The van der Waals surface area contributed by atoms with E-state index < -0.39 is 0 Å². The molecular weight excluding hydrogens is 196 g/mol. The lowest BCUT2D eigenvalue weighted by atomic mass is 10.1. The molecule has 4 heteroatoms. The third kappa shape index (κ3) is 2.65. The normalized spacial score (nSPS) is 20.9. The highest BCUT2D eigenvalue weighted by molar-refractivity contribution is 7.99. The predicted molar refractivity (Wildman–Crippen MR) is 57.9 cm³/mol. The Morgan fingerprint density at radius 3 is 2.86 bits per heavy atom. The number of nitriles is 1. The first kappa shape index (κ1) is 11.4. The van der Waals surface area contributed by atoms with Crippen LogP contribution in [0.5, 0.6) is 0 Å². The van der Waals surface area contributed by atoms with Crippen LogP contribution in [0.3, 0.4) is 0 Å². The van der Waals surface area contributed by atoms with Gasteiger partial charge in [0.25, 0.3) is 0 Å². The molecular formula is C10H16N2OS. The van der Waals surface area contributed by atoms with Gasteiger partial charge in [0.15, 0.2) is 0 Å². The van der Waals surface area contributed by atoms with Crippen molar-refractivity contribution in [2.75, 3.05) is 18.1 Å². The van der Waals surface area contributed by atoms with Gasteiger partial charge in [-0.05, 0) is 26.0 Å². The Morgan fingerprint density at radius 1 is 1.71 bits per heavy atom. The average molecular weight is 212 g/mol. The molecule has 0 aromatic rings. The quantitative estimate of drug-likeness (QED) is 0.666. The number of hydrogen-bond donors (Lipinski definition) is 0. The summed E-state index contributed by atoms with van der Waals surface area (Å²) >= 11 is 1.83. The highest BCUT2D eigenvalue weighted by Gasteiger charge is 2.28. The van der Waals surface area contributed by atoms with Crippen LogP contribution >= 0.6 is 11.8 Å². The Kier molecular flexibility index (Phi) is 4.27. The van der Waals surface area contributed by atoms with E-state index in [0.29, 0.717) is 0 Å². The van der Waals surface area contributed by atoms with Crippen LogP contribution in [0.15, 0.2) is 0 Å². The Morgan fingerprint density at radius 2 is 2.43 bits per heavy atom. The molecule has 0 aromatic carbocycles. The molecule has 1 heterocycles. The van der Waals surface area contributed by atoms with E-state index >= 15 is 0 Å². The van der Waals surface area contributed by atoms with Gasteiger partial charge >= 0.3 is 0 Å². The summed E-state index contributed by atoms with van der Waals surface area (Å²) in [5, 5.41) is 8.63. The molecule has 0 aromatic heterocycles. The van der Waals surface area contributed by atoms with E-state index in [2.05, 4.69) is 6.07 Å². The molecule has 1 fully saturated rings. The standard InChI is InChI=1S/C10H16N2OS/c1-8(2)12(5-4-11)10(13)9-3-6-14-7-9/h8-9H,3,5-7H2,1-2H3. The van der Waals surface area contributed by atoms with Crippen LogP contribution in [0.4, 0.5) is 0 Å². The second kappa shape index (κ2) is 5.26. The van der Waals surface area contributed by atoms with Crippen molar-refractivity contribution in [3.8, 4) is 6.07 Å². The van der Waals surface area contributed by atoms with Gasteiger partial charge in [-0.1, -0.05) is 0 Å². The Hall–Kier alpha value is -0.690. The average Bonchev–Trinajstić information content (AvgIpc) is 2.65. The lowest BCUT2D eigenvalue weighted by Gasteiger charge is -2.26. The van der Waals surface area contributed by atoms with Crippen molar-refractivity contribution in [1.29, 1.82) is 5.26 Å². The Bertz CT molecular complexity index is 241. The topological polar surface area (TPSA) is 44.1 Å². The highest BCUT2D eigenvalue weighted by atomic mass is 32.2. The number of amides is 1. The van der Waals surface area contributed by atoms with E-state index in [9.17, 15) is 4.79 Å². The van der Waals surface area contributed by atoms with Crippen molar-refractivity contribution >= 4 is 17.7 Å². The van der Waals surface area contributed by atoms with E-state index in [1.54, 1.807) is 4.90 Å². The minimum Gasteiger partial charge on any atom is -0.327 e. The zero-order valence-corrected chi connectivity index (χ0v) is 9.51. The lowest BCUT2D eigenvalue weighted by Crippen LogP contribution is -2.41. The minimum absolute atomic E-state index is 0.132. The van der Waals surface area contributed by atoms with Gasteiger partial charge in [0.05, 0.1) is 6.07 Å². The van der Waals surface area contributed by atoms with E-state index in [0.717, 1.165) is 17.9 Å². The summed E-state index contributed by atoms with van der Waals surface area (Å²) in [6, 6.07) is 2.18. The van der Waals surface area contributed by atoms with Gasteiger partial charge in [-0.3, -0.25) is 4.79 Å². The molecule has 1 rings (SSSR count). The molecule has 3 nitrogen and oxygen atoms in total. The van der Waals surface area contributed by atoms with Gasteiger partial charge in [-0.25, -0.2) is 0 Å². The van der Waals surface area contributed by atoms with Crippen molar-refractivity contribution in [2.45, 2.75) is 26.3 Å². The summed E-state index contributed by atoms with van der Waals surface area (Å²) in [6.45, 7) is 4.13. The van der Waals surface area contributed by atoms with Crippen molar-refractivity contribution in [3.63, 3.8) is 0 Å². The smallest absolute Gasteiger partial charge is 0.227 e. The summed E-state index contributed by atoms with van der Waals surface area (Å²) < 4.78 is 0. The zero-order valence-electron chi connectivity index (χ0n) is 8.69. The van der Waals surface area contributed by atoms with E-state index in [4.69, 9.17) is 5.26 Å².